The highest BCUT2D eigenvalue weighted by atomic mass is 16.7. The molecule has 1 unspecified atom stereocenters. The van der Waals surface area contributed by atoms with Crippen molar-refractivity contribution in [1.29, 1.82) is 0 Å². The molecule has 2 aliphatic heterocycles. The van der Waals surface area contributed by atoms with E-state index in [9.17, 15) is 0 Å². The molecule has 1 atom stereocenters. The number of ether oxygens (including phenoxy) is 1. The molecular formula is C18H30BNO3. The van der Waals surface area contributed by atoms with Crippen LogP contribution in [0.4, 0.5) is 0 Å². The molecule has 2 heterocycles. The number of methoxy groups -OCH3 is 1. The number of piperidine rings is 1. The first kappa shape index (κ1) is 17.2. The van der Waals surface area contributed by atoms with E-state index in [1.54, 1.807) is 0 Å². The molecule has 0 bridgehead atoms. The normalized spacial score (nSPS) is 32.0. The number of hydrogen-bond acceptors (Lipinski definition) is 4. The average Bonchev–Trinajstić information content (AvgIpc) is 2.76. The van der Waals surface area contributed by atoms with E-state index in [0.29, 0.717) is 0 Å². The third kappa shape index (κ3) is 3.04. The highest BCUT2D eigenvalue weighted by Gasteiger charge is 2.53. The van der Waals surface area contributed by atoms with E-state index in [-0.39, 0.29) is 29.7 Å². The zero-order valence-corrected chi connectivity index (χ0v) is 15.1. The summed E-state index contributed by atoms with van der Waals surface area (Å²) in [5.74, 6) is 0.274. The molecule has 0 aromatic heterocycles. The fraction of sp³-hybridized carbons (Fsp3) is 0.778. The van der Waals surface area contributed by atoms with Gasteiger partial charge in [0.05, 0.1) is 16.8 Å². The van der Waals surface area contributed by atoms with Gasteiger partial charge in [-0.1, -0.05) is 18.2 Å². The minimum absolute atomic E-state index is 0.122. The molecule has 0 aromatic carbocycles. The van der Waals surface area contributed by atoms with Crippen molar-refractivity contribution in [2.75, 3.05) is 20.2 Å². The Labute approximate surface area is 140 Å². The quantitative estimate of drug-likeness (QED) is 0.812. The van der Waals surface area contributed by atoms with Gasteiger partial charge in [0, 0.05) is 12.9 Å². The molecule has 2 saturated heterocycles. The van der Waals surface area contributed by atoms with Crippen molar-refractivity contribution in [2.45, 2.75) is 69.6 Å². The van der Waals surface area contributed by atoms with Crippen LogP contribution in [0.15, 0.2) is 23.8 Å². The van der Waals surface area contributed by atoms with Crippen LogP contribution in [-0.4, -0.2) is 44.1 Å². The van der Waals surface area contributed by atoms with Gasteiger partial charge in [-0.25, -0.2) is 0 Å². The SMILES string of the molecule is COC1(C2=CCC(B3OC(C)(C)C(C)(C)O3)C=C2)CCNCC1. The molecule has 0 aromatic rings. The lowest BCUT2D eigenvalue weighted by atomic mass is 9.66. The summed E-state index contributed by atoms with van der Waals surface area (Å²) >= 11 is 0. The first-order valence-corrected chi connectivity index (χ1v) is 8.80. The second-order valence-electron chi connectivity index (χ2n) is 7.99. The fourth-order valence-electron chi connectivity index (χ4n) is 3.68. The second-order valence-corrected chi connectivity index (χ2v) is 7.99. The highest BCUT2D eigenvalue weighted by molar-refractivity contribution is 6.48. The Morgan fingerprint density at radius 1 is 1.13 bits per heavy atom. The van der Waals surface area contributed by atoms with Crippen LogP contribution in [0.1, 0.15) is 47.0 Å². The Morgan fingerprint density at radius 2 is 1.74 bits per heavy atom. The van der Waals surface area contributed by atoms with E-state index in [1.807, 2.05) is 7.11 Å². The molecule has 0 radical (unpaired) electrons. The maximum absolute atomic E-state index is 6.19. The van der Waals surface area contributed by atoms with Crippen molar-refractivity contribution in [2.24, 2.45) is 0 Å². The second kappa shape index (κ2) is 6.03. The van der Waals surface area contributed by atoms with Gasteiger partial charge in [0.15, 0.2) is 0 Å². The Bertz CT molecular complexity index is 490. The first-order chi connectivity index (χ1) is 10.8. The Kier molecular flexibility index (Phi) is 4.51. The molecule has 3 rings (SSSR count). The van der Waals surface area contributed by atoms with E-state index < -0.39 is 0 Å². The average molecular weight is 319 g/mol. The summed E-state index contributed by atoms with van der Waals surface area (Å²) in [4.78, 5) is 0. The summed E-state index contributed by atoms with van der Waals surface area (Å²) in [7, 11) is 1.67. The van der Waals surface area contributed by atoms with Gasteiger partial charge in [0.2, 0.25) is 0 Å². The molecule has 5 heteroatoms. The first-order valence-electron chi connectivity index (χ1n) is 8.80. The Balaban J connectivity index is 1.69. The van der Waals surface area contributed by atoms with Crippen molar-refractivity contribution in [3.05, 3.63) is 23.8 Å². The van der Waals surface area contributed by atoms with E-state index in [4.69, 9.17) is 14.0 Å². The van der Waals surface area contributed by atoms with Gasteiger partial charge < -0.3 is 19.4 Å². The van der Waals surface area contributed by atoms with Crippen LogP contribution >= 0.6 is 0 Å². The van der Waals surface area contributed by atoms with Crippen LogP contribution in [0.2, 0.25) is 5.82 Å². The largest absolute Gasteiger partial charge is 0.465 e. The van der Waals surface area contributed by atoms with Crippen LogP contribution < -0.4 is 5.32 Å². The third-order valence-electron chi connectivity index (χ3n) is 6.08. The predicted molar refractivity (Wildman–Crippen MR) is 93.5 cm³/mol. The maximum Gasteiger partial charge on any atom is 0.465 e. The van der Waals surface area contributed by atoms with Gasteiger partial charge in [0.1, 0.15) is 0 Å². The minimum atomic E-state index is -0.266. The van der Waals surface area contributed by atoms with Gasteiger partial charge in [0.25, 0.3) is 0 Å². The molecule has 128 valence electrons. The molecule has 1 N–H and O–H groups in total. The van der Waals surface area contributed by atoms with Crippen LogP contribution in [0.3, 0.4) is 0 Å². The smallest absolute Gasteiger partial charge is 0.403 e. The van der Waals surface area contributed by atoms with E-state index in [1.165, 1.54) is 5.57 Å². The van der Waals surface area contributed by atoms with E-state index in [0.717, 1.165) is 32.4 Å². The van der Waals surface area contributed by atoms with Crippen LogP contribution in [-0.2, 0) is 14.0 Å². The summed E-state index contributed by atoms with van der Waals surface area (Å²) in [6.07, 6.45) is 9.81. The molecule has 0 amide bonds. The van der Waals surface area contributed by atoms with Gasteiger partial charge in [-0.3, -0.25) is 0 Å². The van der Waals surface area contributed by atoms with Crippen molar-refractivity contribution >= 4 is 7.12 Å². The summed E-state index contributed by atoms with van der Waals surface area (Å²) in [5, 5.41) is 3.41. The number of allylic oxidation sites excluding steroid dienone is 2. The van der Waals surface area contributed by atoms with E-state index >= 15 is 0 Å². The Morgan fingerprint density at radius 3 is 2.22 bits per heavy atom. The maximum atomic E-state index is 6.19. The molecule has 3 aliphatic rings. The third-order valence-corrected chi connectivity index (χ3v) is 6.08. The van der Waals surface area contributed by atoms with E-state index in [2.05, 4.69) is 51.2 Å². The summed E-state index contributed by atoms with van der Waals surface area (Å²) in [6, 6.07) is 0. The topological polar surface area (TPSA) is 39.7 Å². The summed E-state index contributed by atoms with van der Waals surface area (Å²) in [5.41, 5.74) is 0.661. The molecular weight excluding hydrogens is 289 g/mol. The lowest BCUT2D eigenvalue weighted by Crippen LogP contribution is -2.44. The van der Waals surface area contributed by atoms with Gasteiger partial charge in [-0.2, -0.15) is 0 Å². The molecule has 2 fully saturated rings. The minimum Gasteiger partial charge on any atom is -0.403 e. The summed E-state index contributed by atoms with van der Waals surface area (Å²) < 4.78 is 18.3. The fourth-order valence-corrected chi connectivity index (χ4v) is 3.68. The van der Waals surface area contributed by atoms with Crippen LogP contribution in [0.5, 0.6) is 0 Å². The standard InChI is InChI=1S/C18H30BNO3/c1-16(2)17(3,4)23-19(22-16)15-8-6-14(7-9-15)18(21-5)10-12-20-13-11-18/h6-8,15,20H,9-13H2,1-5H3. The van der Waals surface area contributed by atoms with Gasteiger partial charge in [-0.15, -0.1) is 0 Å². The van der Waals surface area contributed by atoms with Crippen molar-refractivity contribution in [3.63, 3.8) is 0 Å². The van der Waals surface area contributed by atoms with Crippen molar-refractivity contribution < 1.29 is 14.0 Å². The lowest BCUT2D eigenvalue weighted by Gasteiger charge is -2.39. The van der Waals surface area contributed by atoms with Gasteiger partial charge in [-0.05, 0) is 65.6 Å². The summed E-state index contributed by atoms with van der Waals surface area (Å²) in [6.45, 7) is 10.5. The van der Waals surface area contributed by atoms with Crippen LogP contribution in [0.25, 0.3) is 0 Å². The molecule has 0 spiro atoms. The number of nitrogens with one attached hydrogen (secondary N) is 1. The highest BCUT2D eigenvalue weighted by Crippen LogP contribution is 2.43. The van der Waals surface area contributed by atoms with Crippen molar-refractivity contribution in [1.82, 2.24) is 5.32 Å². The number of rotatable bonds is 3. The molecule has 1 aliphatic carbocycles. The zero-order valence-electron chi connectivity index (χ0n) is 15.1. The number of hydrogen-bond donors (Lipinski definition) is 1. The van der Waals surface area contributed by atoms with Gasteiger partial charge >= 0.3 is 7.12 Å². The zero-order chi connectivity index (χ0) is 16.7. The molecule has 0 saturated carbocycles. The Hall–Kier alpha value is -0.615. The van der Waals surface area contributed by atoms with Crippen molar-refractivity contribution in [3.8, 4) is 0 Å². The predicted octanol–water partition coefficient (Wildman–Crippen LogP) is 3.10. The lowest BCUT2D eigenvalue weighted by molar-refractivity contribution is -0.000160. The molecule has 4 nitrogen and oxygen atoms in total. The monoisotopic (exact) mass is 319 g/mol. The molecule has 23 heavy (non-hydrogen) atoms. The van der Waals surface area contributed by atoms with Crippen LogP contribution in [0, 0.1) is 0 Å².